The molecule has 0 radical (unpaired) electrons. The van der Waals surface area contributed by atoms with Crippen LogP contribution in [0.5, 0.6) is 11.5 Å². The molecular weight excluding hydrogens is 463 g/mol. The summed E-state index contributed by atoms with van der Waals surface area (Å²) >= 11 is 14.0. The van der Waals surface area contributed by atoms with Crippen molar-refractivity contribution < 1.29 is 19.0 Å². The molecule has 10 heteroatoms. The van der Waals surface area contributed by atoms with E-state index in [1.165, 1.54) is 30.5 Å². The summed E-state index contributed by atoms with van der Waals surface area (Å²) in [7, 11) is 1.63. The zero-order valence-electron chi connectivity index (χ0n) is 16.7. The van der Waals surface area contributed by atoms with Crippen LogP contribution < -0.4 is 14.9 Å². The van der Waals surface area contributed by atoms with E-state index in [4.69, 9.17) is 37.4 Å². The molecule has 1 aliphatic rings. The molecule has 0 saturated carbocycles. The summed E-state index contributed by atoms with van der Waals surface area (Å²) in [4.78, 5) is 29.3. The highest BCUT2D eigenvalue weighted by Crippen LogP contribution is 2.46. The summed E-state index contributed by atoms with van der Waals surface area (Å²) < 4.78 is 18.8. The monoisotopic (exact) mass is 480 g/mol. The second kappa shape index (κ2) is 9.00. The van der Waals surface area contributed by atoms with Gasteiger partial charge < -0.3 is 18.8 Å². The van der Waals surface area contributed by atoms with E-state index < -0.39 is 6.23 Å². The lowest BCUT2D eigenvalue weighted by Crippen LogP contribution is -2.27. The molecule has 0 N–H and O–H groups in total. The van der Waals surface area contributed by atoms with Gasteiger partial charge in [-0.2, -0.15) is 0 Å². The number of rotatable bonds is 7. The van der Waals surface area contributed by atoms with Gasteiger partial charge in [-0.3, -0.25) is 9.59 Å². The number of pyridine rings is 1. The molecule has 0 spiro atoms. The highest BCUT2D eigenvalue weighted by Gasteiger charge is 2.31. The van der Waals surface area contributed by atoms with Gasteiger partial charge in [-0.05, 0) is 13.0 Å². The fraction of sp³-hybridized carbons (Fsp3) is 0.286. The molecule has 31 heavy (non-hydrogen) atoms. The first kappa shape index (κ1) is 21.8. The molecule has 3 heterocycles. The van der Waals surface area contributed by atoms with Crippen molar-refractivity contribution in [3.8, 4) is 22.8 Å². The average molecular weight is 481 g/mol. The molecule has 0 fully saturated rings. The number of hydrogen-bond acceptors (Lipinski definition) is 7. The van der Waals surface area contributed by atoms with Gasteiger partial charge in [0, 0.05) is 44.0 Å². The Kier molecular flexibility index (Phi) is 6.34. The molecule has 1 aromatic carbocycles. The van der Waals surface area contributed by atoms with Crippen molar-refractivity contribution in [1.29, 1.82) is 0 Å². The van der Waals surface area contributed by atoms with E-state index in [9.17, 15) is 9.59 Å². The minimum Gasteiger partial charge on any atom is -0.492 e. The number of carbonyl (C=O) groups excluding carboxylic acids is 1. The van der Waals surface area contributed by atoms with Gasteiger partial charge in [-0.15, -0.1) is 11.3 Å². The largest absolute Gasteiger partial charge is 0.492 e. The molecule has 4 rings (SSSR count). The Morgan fingerprint density at radius 1 is 1.29 bits per heavy atom. The number of methoxy groups -OCH3 is 1. The first-order valence-corrected chi connectivity index (χ1v) is 11.0. The van der Waals surface area contributed by atoms with Crippen LogP contribution in [0.4, 0.5) is 0 Å². The van der Waals surface area contributed by atoms with E-state index in [2.05, 4.69) is 4.98 Å². The molecule has 0 aliphatic carbocycles. The number of halogens is 2. The lowest BCUT2D eigenvalue weighted by molar-refractivity contribution is 0.101. The average Bonchev–Trinajstić information content (AvgIpc) is 3.16. The lowest BCUT2D eigenvalue weighted by Gasteiger charge is -2.31. The van der Waals surface area contributed by atoms with Gasteiger partial charge >= 0.3 is 0 Å². The molecular formula is C21H18Cl2N2O5S. The number of fused-ring (bicyclic) bond motifs is 3. The maximum atomic E-state index is 12.6. The van der Waals surface area contributed by atoms with Crippen LogP contribution in [0.15, 0.2) is 34.7 Å². The van der Waals surface area contributed by atoms with Gasteiger partial charge in [-0.25, -0.2) is 4.98 Å². The summed E-state index contributed by atoms with van der Waals surface area (Å²) in [5, 5.41) is 0.668. The number of ketones is 1. The maximum absolute atomic E-state index is 12.6. The van der Waals surface area contributed by atoms with E-state index in [1.807, 2.05) is 0 Å². The number of carbonyl (C=O) groups is 1. The molecule has 0 saturated heterocycles. The van der Waals surface area contributed by atoms with Crippen molar-refractivity contribution in [2.45, 2.75) is 19.6 Å². The number of Topliss-reactive ketones (excluding diaryl/α,β-unsaturated/α-hetero) is 1. The molecule has 1 unspecified atom stereocenters. The summed E-state index contributed by atoms with van der Waals surface area (Å²) in [5.41, 5.74) is 2.45. The van der Waals surface area contributed by atoms with Crippen LogP contribution in [0.1, 0.15) is 34.8 Å². The van der Waals surface area contributed by atoms with Gasteiger partial charge in [0.05, 0.1) is 28.4 Å². The normalized spacial score (nSPS) is 14.5. The topological polar surface area (TPSA) is 79.7 Å². The third-order valence-corrected chi connectivity index (χ3v) is 6.35. The maximum Gasteiger partial charge on any atom is 0.214 e. The Hall–Kier alpha value is -2.39. The summed E-state index contributed by atoms with van der Waals surface area (Å²) in [5.74, 6) is 0.607. The second-order valence-corrected chi connectivity index (χ2v) is 8.50. The van der Waals surface area contributed by atoms with Crippen LogP contribution in [-0.4, -0.2) is 35.7 Å². The summed E-state index contributed by atoms with van der Waals surface area (Å²) in [6.07, 6.45) is 1.49. The van der Waals surface area contributed by atoms with Crippen molar-refractivity contribution in [2.24, 2.45) is 0 Å². The lowest BCUT2D eigenvalue weighted by atomic mass is 10.0. The predicted molar refractivity (Wildman–Crippen MR) is 119 cm³/mol. The van der Waals surface area contributed by atoms with Crippen LogP contribution in [0.3, 0.4) is 0 Å². The van der Waals surface area contributed by atoms with Gasteiger partial charge in [0.1, 0.15) is 21.5 Å². The van der Waals surface area contributed by atoms with Crippen molar-refractivity contribution in [3.05, 3.63) is 60.7 Å². The van der Waals surface area contributed by atoms with E-state index >= 15 is 0 Å². The highest BCUT2D eigenvalue weighted by atomic mass is 35.5. The van der Waals surface area contributed by atoms with E-state index in [0.717, 1.165) is 0 Å². The molecule has 0 amide bonds. The van der Waals surface area contributed by atoms with Crippen LogP contribution >= 0.6 is 34.5 Å². The van der Waals surface area contributed by atoms with Crippen LogP contribution in [0, 0.1) is 0 Å². The number of hydrogen-bond donors (Lipinski definition) is 0. The summed E-state index contributed by atoms with van der Waals surface area (Å²) in [6.45, 7) is 2.34. The highest BCUT2D eigenvalue weighted by molar-refractivity contribution is 7.10. The van der Waals surface area contributed by atoms with Gasteiger partial charge in [0.25, 0.3) is 0 Å². The Morgan fingerprint density at radius 2 is 2.10 bits per heavy atom. The minimum absolute atomic E-state index is 0.0608. The van der Waals surface area contributed by atoms with E-state index in [-0.39, 0.29) is 21.9 Å². The predicted octanol–water partition coefficient (Wildman–Crippen LogP) is 4.84. The Labute approximate surface area is 192 Å². The number of ether oxygens (including phenoxy) is 3. The molecule has 162 valence electrons. The van der Waals surface area contributed by atoms with Crippen LogP contribution in [0.2, 0.25) is 10.2 Å². The zero-order chi connectivity index (χ0) is 22.1. The van der Waals surface area contributed by atoms with Gasteiger partial charge in [0.15, 0.2) is 11.2 Å². The van der Waals surface area contributed by atoms with Crippen LogP contribution in [-0.2, 0) is 4.74 Å². The minimum atomic E-state index is -0.705. The third-order valence-electron chi connectivity index (χ3n) is 4.78. The number of aromatic nitrogens is 2. The smallest absolute Gasteiger partial charge is 0.214 e. The fourth-order valence-corrected chi connectivity index (χ4v) is 4.56. The zero-order valence-corrected chi connectivity index (χ0v) is 19.0. The standard InChI is InChI=1S/C21H18Cl2N2O5S/c1-11(26)13-9-25-15(7-16(13)27)12-6-14(22)18(29-5-3-4-28-2)8-17(12)30-21(25)19-20(23)24-10-31-19/h6-10,21H,3-5H2,1-2H3. The molecule has 1 atom stereocenters. The molecule has 0 bridgehead atoms. The first-order valence-electron chi connectivity index (χ1n) is 9.39. The second-order valence-electron chi connectivity index (χ2n) is 6.85. The quantitative estimate of drug-likeness (QED) is 0.355. The molecule has 1 aliphatic heterocycles. The molecule has 3 aromatic rings. The number of benzene rings is 1. The Balaban J connectivity index is 1.84. The van der Waals surface area contributed by atoms with E-state index in [1.54, 1.807) is 29.3 Å². The third kappa shape index (κ3) is 4.21. The number of thiazole rings is 1. The van der Waals surface area contributed by atoms with Crippen molar-refractivity contribution >= 4 is 40.3 Å². The molecule has 2 aromatic heterocycles. The van der Waals surface area contributed by atoms with Crippen LogP contribution in [0.25, 0.3) is 11.3 Å². The Morgan fingerprint density at radius 3 is 2.77 bits per heavy atom. The fourth-order valence-electron chi connectivity index (χ4n) is 3.31. The molecule has 7 nitrogen and oxygen atoms in total. The van der Waals surface area contributed by atoms with E-state index in [0.29, 0.717) is 52.3 Å². The number of nitrogens with zero attached hydrogens (tertiary/aromatic N) is 2. The van der Waals surface area contributed by atoms with Gasteiger partial charge in [0.2, 0.25) is 6.23 Å². The first-order chi connectivity index (χ1) is 14.9. The van der Waals surface area contributed by atoms with Crippen molar-refractivity contribution in [3.63, 3.8) is 0 Å². The Bertz CT molecular complexity index is 1210. The summed E-state index contributed by atoms with van der Waals surface area (Å²) in [6, 6.07) is 4.79. The van der Waals surface area contributed by atoms with Crippen molar-refractivity contribution in [1.82, 2.24) is 9.55 Å². The van der Waals surface area contributed by atoms with Gasteiger partial charge in [-0.1, -0.05) is 23.2 Å². The SMILES string of the molecule is COCCCOc1cc2c(cc1Cl)-c1cc(=O)c(C(C)=O)cn1C(c1scnc1Cl)O2. The van der Waals surface area contributed by atoms with Crippen molar-refractivity contribution in [2.75, 3.05) is 20.3 Å².